The fraction of sp³-hybridized carbons (Fsp3) is 0.864. The van der Waals surface area contributed by atoms with Crippen molar-refractivity contribution in [2.75, 3.05) is 6.61 Å². The third kappa shape index (κ3) is 27.3. The first-order valence-corrected chi connectivity index (χ1v) is 11.0. The Hall–Kier alpha value is -0.950. The highest BCUT2D eigenvalue weighted by Gasteiger charge is 2.10. The lowest BCUT2D eigenvalue weighted by Crippen LogP contribution is -2.25. The molecule has 0 aromatic carbocycles. The summed E-state index contributed by atoms with van der Waals surface area (Å²) in [6, 6.07) is 0. The Morgan fingerprint density at radius 3 is 1.64 bits per heavy atom. The highest BCUT2D eigenvalue weighted by Crippen LogP contribution is 2.09. The zero-order valence-electron chi connectivity index (χ0n) is 17.8. The molecular weight excluding hydrogens is 360 g/mol. The van der Waals surface area contributed by atoms with Gasteiger partial charge in [0.1, 0.15) is 6.10 Å². The van der Waals surface area contributed by atoms with Gasteiger partial charge in [0.2, 0.25) is 0 Å². The lowest BCUT2D eigenvalue weighted by molar-refractivity contribution is -0.137. The highest BCUT2D eigenvalue weighted by atomic mass is 16.5. The first kappa shape index (κ1) is 29.3. The summed E-state index contributed by atoms with van der Waals surface area (Å²) in [6.45, 7) is 2.02. The van der Waals surface area contributed by atoms with E-state index in [1.807, 2.05) is 0 Å². The van der Waals surface area contributed by atoms with Gasteiger partial charge in [-0.3, -0.25) is 4.79 Å². The summed E-state index contributed by atoms with van der Waals surface area (Å²) in [6.07, 6.45) is 18.3. The lowest BCUT2D eigenvalue weighted by Gasteiger charge is -2.08. The van der Waals surface area contributed by atoms with E-state index in [9.17, 15) is 4.79 Å². The third-order valence-electron chi connectivity index (χ3n) is 4.42. The van der Waals surface area contributed by atoms with Crippen LogP contribution in [0.1, 0.15) is 103 Å². The van der Waals surface area contributed by atoms with Gasteiger partial charge in [0.05, 0.1) is 0 Å². The molecular formula is C22H44O6. The van der Waals surface area contributed by atoms with Crippen LogP contribution in [0.5, 0.6) is 0 Å². The van der Waals surface area contributed by atoms with Gasteiger partial charge in [-0.1, -0.05) is 70.4 Å². The van der Waals surface area contributed by atoms with Gasteiger partial charge in [-0.05, 0) is 32.1 Å². The molecule has 0 aromatic rings. The summed E-state index contributed by atoms with van der Waals surface area (Å²) < 4.78 is 0. The van der Waals surface area contributed by atoms with Gasteiger partial charge in [-0.2, -0.15) is 0 Å². The minimum absolute atomic E-state index is 0.00231. The van der Waals surface area contributed by atoms with Gasteiger partial charge in [0.15, 0.2) is 6.29 Å². The molecule has 6 nitrogen and oxygen atoms in total. The summed E-state index contributed by atoms with van der Waals surface area (Å²) in [5, 5.41) is 41.4. The molecule has 0 aliphatic rings. The zero-order chi connectivity index (χ0) is 21.5. The molecule has 0 fully saturated rings. The van der Waals surface area contributed by atoms with Crippen molar-refractivity contribution < 1.29 is 30.3 Å². The first-order valence-electron chi connectivity index (χ1n) is 11.0. The minimum atomic E-state index is -1.73. The normalized spacial score (nSPS) is 12.2. The van der Waals surface area contributed by atoms with Crippen LogP contribution >= 0.6 is 0 Å². The fourth-order valence-corrected chi connectivity index (χ4v) is 2.63. The Balaban J connectivity index is 0. The lowest BCUT2D eigenvalue weighted by atomic mass is 10.1. The number of hydrogen-bond donors (Lipinski definition) is 5. The van der Waals surface area contributed by atoms with Crippen molar-refractivity contribution in [2.24, 2.45) is 0 Å². The SMILES string of the molecule is CCCCCCCC/C=C\CCCCCCCC(=O)O.OCCC(O)C(O)O. The highest BCUT2D eigenvalue weighted by molar-refractivity contribution is 5.66. The molecule has 28 heavy (non-hydrogen) atoms. The number of aliphatic carboxylic acids is 1. The molecule has 0 heterocycles. The monoisotopic (exact) mass is 404 g/mol. The quantitative estimate of drug-likeness (QED) is 0.133. The number of carboxylic acids is 1. The van der Waals surface area contributed by atoms with Crippen molar-refractivity contribution in [3.8, 4) is 0 Å². The van der Waals surface area contributed by atoms with E-state index in [2.05, 4.69) is 19.1 Å². The number of aliphatic hydroxyl groups is 4. The van der Waals surface area contributed by atoms with Crippen molar-refractivity contribution in [1.82, 2.24) is 0 Å². The minimum Gasteiger partial charge on any atom is -0.481 e. The maximum atomic E-state index is 10.3. The van der Waals surface area contributed by atoms with E-state index in [0.29, 0.717) is 6.42 Å². The molecule has 168 valence electrons. The van der Waals surface area contributed by atoms with E-state index >= 15 is 0 Å². The maximum Gasteiger partial charge on any atom is 0.303 e. The Bertz CT molecular complexity index is 344. The molecule has 0 aliphatic carbocycles. The molecule has 0 aliphatic heterocycles. The molecule has 0 saturated heterocycles. The van der Waals surface area contributed by atoms with E-state index in [1.165, 1.54) is 70.6 Å². The molecule has 0 bridgehead atoms. The van der Waals surface area contributed by atoms with Crippen LogP contribution < -0.4 is 0 Å². The summed E-state index contributed by atoms with van der Waals surface area (Å²) in [5.74, 6) is -0.664. The molecule has 0 aromatic heterocycles. The first-order chi connectivity index (χ1) is 13.5. The Morgan fingerprint density at radius 1 is 0.786 bits per heavy atom. The van der Waals surface area contributed by atoms with Crippen LogP contribution in [0.3, 0.4) is 0 Å². The largest absolute Gasteiger partial charge is 0.481 e. The Labute approximate surface area is 171 Å². The van der Waals surface area contributed by atoms with Crippen molar-refractivity contribution in [3.63, 3.8) is 0 Å². The van der Waals surface area contributed by atoms with E-state index in [0.717, 1.165) is 12.8 Å². The van der Waals surface area contributed by atoms with Crippen LogP contribution in [0.4, 0.5) is 0 Å². The topological polar surface area (TPSA) is 118 Å². The number of aliphatic hydroxyl groups excluding tert-OH is 3. The smallest absolute Gasteiger partial charge is 0.303 e. The van der Waals surface area contributed by atoms with Gasteiger partial charge in [0.25, 0.3) is 0 Å². The molecule has 6 heteroatoms. The van der Waals surface area contributed by atoms with Gasteiger partial charge < -0.3 is 25.5 Å². The summed E-state index contributed by atoms with van der Waals surface area (Å²) in [4.78, 5) is 10.3. The number of carbonyl (C=O) groups is 1. The molecule has 0 rings (SSSR count). The fourth-order valence-electron chi connectivity index (χ4n) is 2.63. The summed E-state index contributed by atoms with van der Waals surface area (Å²) in [5.41, 5.74) is 0. The molecule has 1 unspecified atom stereocenters. The molecule has 5 N–H and O–H groups in total. The number of hydrogen-bond acceptors (Lipinski definition) is 5. The second-order valence-corrected chi connectivity index (χ2v) is 7.22. The number of rotatable bonds is 18. The second-order valence-electron chi connectivity index (χ2n) is 7.22. The molecule has 0 spiro atoms. The average molecular weight is 405 g/mol. The van der Waals surface area contributed by atoms with Gasteiger partial charge >= 0.3 is 5.97 Å². The molecule has 0 amide bonds. The summed E-state index contributed by atoms with van der Waals surface area (Å²) in [7, 11) is 0. The van der Waals surface area contributed by atoms with E-state index in [-0.39, 0.29) is 13.0 Å². The average Bonchev–Trinajstić information content (AvgIpc) is 2.65. The standard InChI is InChI=1S/C18H34O2.C4H10O4/c1-2-3-4-5-6-7-8-9-10-11-12-13-14-15-16-17-18(19)20;5-2-1-3(6)4(7)8/h9-10H,2-8,11-17H2,1H3,(H,19,20);3-8H,1-2H2/b10-9-;. The molecule has 1 atom stereocenters. The third-order valence-corrected chi connectivity index (χ3v) is 4.42. The Kier molecular flexibility index (Phi) is 25.2. The predicted molar refractivity (Wildman–Crippen MR) is 113 cm³/mol. The summed E-state index contributed by atoms with van der Waals surface area (Å²) >= 11 is 0. The van der Waals surface area contributed by atoms with Crippen LogP contribution in [0.2, 0.25) is 0 Å². The van der Waals surface area contributed by atoms with E-state index in [1.54, 1.807) is 0 Å². The van der Waals surface area contributed by atoms with Gasteiger partial charge in [-0.25, -0.2) is 0 Å². The van der Waals surface area contributed by atoms with Crippen LogP contribution in [-0.2, 0) is 4.79 Å². The van der Waals surface area contributed by atoms with Crippen LogP contribution in [0.25, 0.3) is 0 Å². The number of unbranched alkanes of at least 4 members (excludes halogenated alkanes) is 11. The van der Waals surface area contributed by atoms with Crippen LogP contribution in [0, 0.1) is 0 Å². The van der Waals surface area contributed by atoms with E-state index in [4.69, 9.17) is 25.5 Å². The Morgan fingerprint density at radius 2 is 1.25 bits per heavy atom. The van der Waals surface area contributed by atoms with Crippen molar-refractivity contribution >= 4 is 5.97 Å². The van der Waals surface area contributed by atoms with Crippen LogP contribution in [-0.4, -0.2) is 50.5 Å². The second kappa shape index (κ2) is 24.1. The van der Waals surface area contributed by atoms with Gasteiger partial charge in [-0.15, -0.1) is 0 Å². The van der Waals surface area contributed by atoms with Gasteiger partial charge in [0, 0.05) is 19.4 Å². The van der Waals surface area contributed by atoms with Crippen molar-refractivity contribution in [2.45, 2.75) is 116 Å². The van der Waals surface area contributed by atoms with Crippen molar-refractivity contribution in [1.29, 1.82) is 0 Å². The maximum absolute atomic E-state index is 10.3. The van der Waals surface area contributed by atoms with Crippen molar-refractivity contribution in [3.05, 3.63) is 12.2 Å². The zero-order valence-corrected chi connectivity index (χ0v) is 17.8. The van der Waals surface area contributed by atoms with Crippen LogP contribution in [0.15, 0.2) is 12.2 Å². The predicted octanol–water partition coefficient (Wildman–Crippen LogP) is 4.15. The van der Waals surface area contributed by atoms with E-state index < -0.39 is 18.4 Å². The molecule has 0 saturated carbocycles. The molecule has 0 radical (unpaired) electrons. The number of allylic oxidation sites excluding steroid dienone is 2. The number of carboxylic acid groups (broad SMARTS) is 1.